The lowest BCUT2D eigenvalue weighted by molar-refractivity contribution is -0.139. The third kappa shape index (κ3) is 5.58. The van der Waals surface area contributed by atoms with Gasteiger partial charge in [0.25, 0.3) is 5.97 Å². The fourth-order valence-electron chi connectivity index (χ4n) is 4.82. The number of azide groups is 1. The van der Waals surface area contributed by atoms with E-state index in [-0.39, 0.29) is 29.1 Å². The molecule has 0 aromatic heterocycles. The van der Waals surface area contributed by atoms with Crippen molar-refractivity contribution >= 4 is 33.0 Å². The Morgan fingerprint density at radius 1 is 0.970 bits per heavy atom. The topological polar surface area (TPSA) is 84.3 Å². The molecule has 1 fully saturated rings. The number of benzene rings is 2. The lowest BCUT2D eigenvalue weighted by Crippen LogP contribution is -2.67. The highest BCUT2D eigenvalue weighted by atomic mass is 28.4. The summed E-state index contributed by atoms with van der Waals surface area (Å²) < 4.78 is 13.0. The third-order valence-corrected chi connectivity index (χ3v) is 12.1. The molecule has 3 atom stereocenters. The van der Waals surface area contributed by atoms with Crippen LogP contribution in [0.5, 0.6) is 0 Å². The van der Waals surface area contributed by atoms with E-state index in [1.807, 2.05) is 36.4 Å². The molecular weight excluding hydrogens is 446 g/mol. The van der Waals surface area contributed by atoms with Gasteiger partial charge in [-0.25, -0.2) is 0 Å². The molecule has 0 heterocycles. The number of hydrogen-bond acceptors (Lipinski definition) is 4. The van der Waals surface area contributed by atoms with Crippen molar-refractivity contribution in [3.8, 4) is 0 Å². The van der Waals surface area contributed by atoms with Crippen LogP contribution in [0.25, 0.3) is 10.4 Å². The maximum absolute atomic E-state index is 13.7. The second-order valence-corrected chi connectivity index (χ2v) is 19.5. The number of hydrogen-bond donors (Lipinski definition) is 0. The molecule has 33 heavy (non-hydrogen) atoms. The number of carbonyl (C=O) groups is 1. The standard InChI is InChI=1S/C25H35N3O3Si2/c1-25(2,3)33(20-13-9-7-10-14-20,21-15-11-8-12-16-21)31-24(29)19-17-22(27-28-26)23(18-19)30-32(4,5)6/h7-16,19,22-23H,17-18H2,1-6H3/t19-,22+,23+/m1/s1. The fraction of sp³-hybridized carbons (Fsp3) is 0.480. The molecular formula is C25H35N3O3Si2. The smallest absolute Gasteiger partial charge is 0.323 e. The van der Waals surface area contributed by atoms with Crippen LogP contribution in [0.2, 0.25) is 24.7 Å². The lowest BCUT2D eigenvalue weighted by atomic mass is 10.1. The minimum Gasteiger partial charge on any atom is -0.509 e. The van der Waals surface area contributed by atoms with Gasteiger partial charge in [0, 0.05) is 4.91 Å². The van der Waals surface area contributed by atoms with Gasteiger partial charge in [0.2, 0.25) is 0 Å². The summed E-state index contributed by atoms with van der Waals surface area (Å²) in [5.41, 5.74) is 9.06. The van der Waals surface area contributed by atoms with E-state index in [0.717, 1.165) is 10.4 Å². The van der Waals surface area contributed by atoms with Crippen molar-refractivity contribution in [3.63, 3.8) is 0 Å². The van der Waals surface area contributed by atoms with Gasteiger partial charge in [-0.3, -0.25) is 4.79 Å². The Labute approximate surface area is 199 Å². The predicted octanol–water partition coefficient (Wildman–Crippen LogP) is 5.40. The molecule has 6 nitrogen and oxygen atoms in total. The van der Waals surface area contributed by atoms with Crippen LogP contribution in [-0.4, -0.2) is 34.7 Å². The highest BCUT2D eigenvalue weighted by Crippen LogP contribution is 2.39. The number of rotatable bonds is 7. The Bertz CT molecular complexity index is 958. The lowest BCUT2D eigenvalue weighted by Gasteiger charge is -2.42. The van der Waals surface area contributed by atoms with Crippen LogP contribution in [0.4, 0.5) is 0 Å². The highest BCUT2D eigenvalue weighted by molar-refractivity contribution is 7.00. The number of nitrogens with zero attached hydrogens (tertiary/aromatic N) is 3. The second kappa shape index (κ2) is 9.85. The average Bonchev–Trinajstić information content (AvgIpc) is 3.13. The summed E-state index contributed by atoms with van der Waals surface area (Å²) in [6, 6.07) is 19.9. The van der Waals surface area contributed by atoms with Crippen molar-refractivity contribution in [1.29, 1.82) is 0 Å². The zero-order valence-electron chi connectivity index (χ0n) is 20.5. The Morgan fingerprint density at radius 3 is 1.91 bits per heavy atom. The molecule has 0 spiro atoms. The van der Waals surface area contributed by atoms with Crippen molar-refractivity contribution < 1.29 is 13.6 Å². The van der Waals surface area contributed by atoms with Crippen LogP contribution in [0.15, 0.2) is 65.8 Å². The zero-order valence-corrected chi connectivity index (χ0v) is 22.5. The van der Waals surface area contributed by atoms with E-state index in [9.17, 15) is 4.79 Å². The molecule has 0 bridgehead atoms. The summed E-state index contributed by atoms with van der Waals surface area (Å²) >= 11 is 0. The van der Waals surface area contributed by atoms with Crippen LogP contribution in [-0.2, 0) is 13.6 Å². The second-order valence-electron chi connectivity index (χ2n) is 10.8. The van der Waals surface area contributed by atoms with E-state index in [2.05, 4.69) is 74.7 Å². The van der Waals surface area contributed by atoms with Crippen molar-refractivity contribution in [1.82, 2.24) is 0 Å². The quantitative estimate of drug-likeness (QED) is 0.230. The summed E-state index contributed by atoms with van der Waals surface area (Å²) in [7, 11) is -4.84. The predicted molar refractivity (Wildman–Crippen MR) is 138 cm³/mol. The van der Waals surface area contributed by atoms with Crippen LogP contribution >= 0.6 is 0 Å². The van der Waals surface area contributed by atoms with E-state index in [0.29, 0.717) is 12.8 Å². The third-order valence-electron chi connectivity index (χ3n) is 6.18. The summed E-state index contributed by atoms with van der Waals surface area (Å²) in [6.07, 6.45) is 0.727. The Balaban J connectivity index is 2.00. The molecule has 1 aliphatic carbocycles. The Kier molecular flexibility index (Phi) is 7.53. The van der Waals surface area contributed by atoms with Crippen molar-refractivity contribution in [2.75, 3.05) is 0 Å². The van der Waals surface area contributed by atoms with Gasteiger partial charge < -0.3 is 8.85 Å². The van der Waals surface area contributed by atoms with Gasteiger partial charge >= 0.3 is 8.32 Å². The summed E-state index contributed by atoms with van der Waals surface area (Å²) in [6.45, 7) is 12.8. The normalized spacial score (nSPS) is 21.3. The molecule has 8 heteroatoms. The minimum atomic E-state index is -2.97. The van der Waals surface area contributed by atoms with Gasteiger partial charge in [0.05, 0.1) is 18.1 Å². The van der Waals surface area contributed by atoms with Crippen LogP contribution < -0.4 is 10.4 Å². The largest absolute Gasteiger partial charge is 0.509 e. The maximum atomic E-state index is 13.7. The van der Waals surface area contributed by atoms with Gasteiger partial charge in [0.1, 0.15) is 0 Å². The first kappa shape index (κ1) is 25.2. The minimum absolute atomic E-state index is 0.218. The van der Waals surface area contributed by atoms with E-state index < -0.39 is 16.6 Å². The number of carbonyl (C=O) groups excluding carboxylic acids is 1. The van der Waals surface area contributed by atoms with Crippen molar-refractivity contribution in [3.05, 3.63) is 71.1 Å². The zero-order chi connectivity index (χ0) is 24.3. The molecule has 2 aromatic rings. The van der Waals surface area contributed by atoms with Gasteiger partial charge in [-0.15, -0.1) is 0 Å². The molecule has 0 amide bonds. The van der Waals surface area contributed by atoms with Crippen molar-refractivity contribution in [2.45, 2.75) is 70.4 Å². The Hall–Kier alpha value is -2.39. The van der Waals surface area contributed by atoms with Gasteiger partial charge in [-0.1, -0.05) is 86.5 Å². The van der Waals surface area contributed by atoms with Gasteiger partial charge in [0.15, 0.2) is 8.32 Å². The summed E-state index contributed by atoms with van der Waals surface area (Å²) in [5.74, 6) is -0.576. The molecule has 0 unspecified atom stereocenters. The first-order valence-corrected chi connectivity index (χ1v) is 16.9. The molecule has 0 N–H and O–H groups in total. The van der Waals surface area contributed by atoms with Crippen LogP contribution in [0, 0.1) is 5.92 Å². The monoisotopic (exact) mass is 481 g/mol. The van der Waals surface area contributed by atoms with Crippen LogP contribution in [0.3, 0.4) is 0 Å². The Morgan fingerprint density at radius 2 is 1.48 bits per heavy atom. The van der Waals surface area contributed by atoms with E-state index >= 15 is 0 Å². The molecule has 0 saturated heterocycles. The van der Waals surface area contributed by atoms with Gasteiger partial charge in [-0.05, 0) is 53.4 Å². The fourth-order valence-corrected chi connectivity index (χ4v) is 10.4. The van der Waals surface area contributed by atoms with Crippen molar-refractivity contribution in [2.24, 2.45) is 11.0 Å². The molecule has 0 aliphatic heterocycles. The van der Waals surface area contributed by atoms with Gasteiger partial charge in [-0.2, -0.15) is 0 Å². The molecule has 2 aromatic carbocycles. The van der Waals surface area contributed by atoms with E-state index in [1.54, 1.807) is 0 Å². The van der Waals surface area contributed by atoms with Crippen LogP contribution in [0.1, 0.15) is 33.6 Å². The first-order valence-electron chi connectivity index (χ1n) is 11.5. The molecule has 1 aliphatic rings. The van der Waals surface area contributed by atoms with E-state index in [4.69, 9.17) is 14.4 Å². The SMILES string of the molecule is CC(C)(C)[Si](OC(=O)[C@@H]1C[C@H](N=[N+]=[N-])[C@@H](O[Si](C)(C)C)C1)(c1ccccc1)c1ccccc1. The maximum Gasteiger partial charge on any atom is 0.323 e. The average molecular weight is 482 g/mol. The molecule has 0 radical (unpaired) electrons. The molecule has 176 valence electrons. The first-order chi connectivity index (χ1) is 15.5. The molecule has 1 saturated carbocycles. The highest BCUT2D eigenvalue weighted by Gasteiger charge is 2.54. The van der Waals surface area contributed by atoms with E-state index in [1.165, 1.54) is 0 Å². The molecule has 3 rings (SSSR count). The summed E-state index contributed by atoms with van der Waals surface area (Å²) in [5, 5.41) is 5.81. The summed E-state index contributed by atoms with van der Waals surface area (Å²) in [4.78, 5) is 16.8.